The van der Waals surface area contributed by atoms with Crippen LogP contribution in [-0.2, 0) is 4.74 Å². The fraction of sp³-hybridized carbons (Fsp3) is 0.538. The van der Waals surface area contributed by atoms with Gasteiger partial charge in [0.1, 0.15) is 5.69 Å². The molecular formula is C13H19N3O3. The van der Waals surface area contributed by atoms with Crippen LogP contribution in [0.1, 0.15) is 13.8 Å². The summed E-state index contributed by atoms with van der Waals surface area (Å²) in [7, 11) is 0. The third kappa shape index (κ3) is 2.96. The lowest BCUT2D eigenvalue weighted by Crippen LogP contribution is -2.38. The van der Waals surface area contributed by atoms with Gasteiger partial charge in [-0.1, -0.05) is 6.08 Å². The van der Waals surface area contributed by atoms with Gasteiger partial charge in [-0.05, 0) is 13.8 Å². The molecule has 19 heavy (non-hydrogen) atoms. The summed E-state index contributed by atoms with van der Waals surface area (Å²) in [6.45, 7) is 6.95. The number of morpholine rings is 1. The van der Waals surface area contributed by atoms with E-state index in [0.717, 1.165) is 18.8 Å². The Morgan fingerprint density at radius 2 is 2.21 bits per heavy atom. The second-order valence-electron chi connectivity index (χ2n) is 4.12. The van der Waals surface area contributed by atoms with Crippen molar-refractivity contribution in [1.82, 2.24) is 9.78 Å². The van der Waals surface area contributed by atoms with E-state index in [4.69, 9.17) is 9.47 Å². The van der Waals surface area contributed by atoms with Crippen molar-refractivity contribution in [3.8, 4) is 5.75 Å². The number of allylic oxidation sites excluding steroid dienone is 1. The molecule has 0 unspecified atom stereocenters. The maximum atomic E-state index is 12.3. The minimum atomic E-state index is -0.232. The van der Waals surface area contributed by atoms with Crippen LogP contribution in [0.4, 0.5) is 5.69 Å². The molecule has 1 aromatic rings. The highest BCUT2D eigenvalue weighted by Crippen LogP contribution is 2.24. The molecular weight excluding hydrogens is 246 g/mol. The molecule has 0 aromatic carbocycles. The van der Waals surface area contributed by atoms with Crippen LogP contribution < -0.4 is 15.2 Å². The van der Waals surface area contributed by atoms with Crippen molar-refractivity contribution in [2.45, 2.75) is 13.8 Å². The molecule has 6 nitrogen and oxygen atoms in total. The predicted molar refractivity (Wildman–Crippen MR) is 73.7 cm³/mol. The van der Waals surface area contributed by atoms with Crippen LogP contribution in [0.2, 0.25) is 0 Å². The number of hydrogen-bond donors (Lipinski definition) is 0. The number of anilines is 1. The fourth-order valence-electron chi connectivity index (χ4n) is 2.00. The van der Waals surface area contributed by atoms with Gasteiger partial charge in [0.25, 0.3) is 0 Å². The first-order valence-electron chi connectivity index (χ1n) is 6.48. The Morgan fingerprint density at radius 1 is 1.47 bits per heavy atom. The average molecular weight is 265 g/mol. The fourth-order valence-corrected chi connectivity index (χ4v) is 2.00. The molecule has 1 fully saturated rings. The third-order valence-corrected chi connectivity index (χ3v) is 2.87. The van der Waals surface area contributed by atoms with Crippen molar-refractivity contribution in [2.75, 3.05) is 37.8 Å². The van der Waals surface area contributed by atoms with Crippen LogP contribution in [0.3, 0.4) is 0 Å². The topological polar surface area (TPSA) is 56.6 Å². The first-order chi connectivity index (χ1) is 9.27. The van der Waals surface area contributed by atoms with E-state index < -0.39 is 0 Å². The minimum Gasteiger partial charge on any atom is -0.487 e. The van der Waals surface area contributed by atoms with Crippen molar-refractivity contribution in [3.05, 3.63) is 22.6 Å². The summed E-state index contributed by atoms with van der Waals surface area (Å²) in [5, 5.41) is 4.14. The van der Waals surface area contributed by atoms with Gasteiger partial charge in [-0.3, -0.25) is 4.79 Å². The molecule has 0 atom stereocenters. The molecule has 0 amide bonds. The molecule has 2 rings (SSSR count). The zero-order chi connectivity index (χ0) is 13.7. The summed E-state index contributed by atoms with van der Waals surface area (Å²) in [6, 6.07) is 0. The molecule has 1 aliphatic rings. The van der Waals surface area contributed by atoms with Gasteiger partial charge in [0, 0.05) is 19.3 Å². The normalized spacial score (nSPS) is 16.0. The second-order valence-corrected chi connectivity index (χ2v) is 4.12. The maximum absolute atomic E-state index is 12.3. The van der Waals surface area contributed by atoms with Crippen molar-refractivity contribution in [2.24, 2.45) is 0 Å². The molecule has 0 N–H and O–H groups in total. The minimum absolute atomic E-state index is 0.232. The molecule has 6 heteroatoms. The van der Waals surface area contributed by atoms with Gasteiger partial charge in [0.05, 0.1) is 26.0 Å². The van der Waals surface area contributed by atoms with Crippen molar-refractivity contribution in [1.29, 1.82) is 0 Å². The van der Waals surface area contributed by atoms with E-state index in [1.54, 1.807) is 18.5 Å². The smallest absolute Gasteiger partial charge is 0.315 e. The van der Waals surface area contributed by atoms with Gasteiger partial charge in [-0.25, -0.2) is 4.68 Å². The first kappa shape index (κ1) is 13.6. The summed E-state index contributed by atoms with van der Waals surface area (Å²) in [5.41, 5.74) is 0.514. The van der Waals surface area contributed by atoms with Crippen LogP contribution in [0.25, 0.3) is 6.20 Å². The Hall–Kier alpha value is -1.82. The number of rotatable bonds is 4. The van der Waals surface area contributed by atoms with Crippen LogP contribution in [0.5, 0.6) is 5.75 Å². The van der Waals surface area contributed by atoms with E-state index in [1.807, 2.05) is 13.8 Å². The van der Waals surface area contributed by atoms with Gasteiger partial charge in [0.2, 0.25) is 5.75 Å². The zero-order valence-corrected chi connectivity index (χ0v) is 11.3. The quantitative estimate of drug-likeness (QED) is 0.812. The van der Waals surface area contributed by atoms with E-state index in [0.29, 0.717) is 25.6 Å². The molecule has 0 aliphatic carbocycles. The maximum Gasteiger partial charge on any atom is 0.315 e. The van der Waals surface area contributed by atoms with Crippen molar-refractivity contribution < 1.29 is 9.47 Å². The van der Waals surface area contributed by atoms with Gasteiger partial charge in [-0.15, -0.1) is 0 Å². The Morgan fingerprint density at radius 3 is 2.84 bits per heavy atom. The van der Waals surface area contributed by atoms with E-state index in [9.17, 15) is 4.79 Å². The Labute approximate surface area is 112 Å². The lowest BCUT2D eigenvalue weighted by molar-refractivity contribution is 0.122. The van der Waals surface area contributed by atoms with Crippen LogP contribution in [0.15, 0.2) is 17.1 Å². The third-order valence-electron chi connectivity index (χ3n) is 2.87. The average Bonchev–Trinajstić information content (AvgIpc) is 2.45. The monoisotopic (exact) mass is 265 g/mol. The summed E-state index contributed by atoms with van der Waals surface area (Å²) in [4.78, 5) is 14.4. The number of ether oxygens (including phenoxy) is 2. The molecule has 0 saturated carbocycles. The van der Waals surface area contributed by atoms with E-state index in [2.05, 4.69) is 10.00 Å². The molecule has 2 heterocycles. The van der Waals surface area contributed by atoms with Crippen LogP contribution >= 0.6 is 0 Å². The molecule has 0 radical (unpaired) electrons. The van der Waals surface area contributed by atoms with E-state index >= 15 is 0 Å². The molecule has 1 saturated heterocycles. The zero-order valence-electron chi connectivity index (χ0n) is 11.3. The predicted octanol–water partition coefficient (Wildman–Crippen LogP) is 0.969. The molecule has 1 aromatic heterocycles. The van der Waals surface area contributed by atoms with E-state index in [-0.39, 0.29) is 5.56 Å². The van der Waals surface area contributed by atoms with Gasteiger partial charge < -0.3 is 14.4 Å². The lowest BCUT2D eigenvalue weighted by atomic mass is 10.3. The van der Waals surface area contributed by atoms with Gasteiger partial charge in [-0.2, -0.15) is 5.10 Å². The number of aromatic nitrogens is 2. The van der Waals surface area contributed by atoms with E-state index in [1.165, 1.54) is 4.68 Å². The summed E-state index contributed by atoms with van der Waals surface area (Å²) >= 11 is 0. The Kier molecular flexibility index (Phi) is 4.57. The summed E-state index contributed by atoms with van der Waals surface area (Å²) in [6.07, 6.45) is 5.06. The molecule has 0 spiro atoms. The van der Waals surface area contributed by atoms with Crippen molar-refractivity contribution >= 4 is 11.9 Å². The first-order valence-corrected chi connectivity index (χ1v) is 6.48. The second kappa shape index (κ2) is 6.38. The highest BCUT2D eigenvalue weighted by molar-refractivity contribution is 5.56. The molecule has 104 valence electrons. The number of nitrogens with zero attached hydrogens (tertiary/aromatic N) is 3. The lowest BCUT2D eigenvalue weighted by Gasteiger charge is -2.29. The van der Waals surface area contributed by atoms with Crippen LogP contribution in [-0.4, -0.2) is 42.7 Å². The summed E-state index contributed by atoms with van der Waals surface area (Å²) in [5.74, 6) is 0.359. The largest absolute Gasteiger partial charge is 0.487 e. The standard InChI is InChI=1S/C13H19N3O3/c1-3-5-16-13(17)12(19-4-2)11(10-14-16)15-6-8-18-9-7-15/h3,5,10H,4,6-9H2,1-2H3/b5-3+. The number of hydrogen-bond acceptors (Lipinski definition) is 5. The Bertz CT molecular complexity index is 504. The van der Waals surface area contributed by atoms with Gasteiger partial charge >= 0.3 is 5.56 Å². The SMILES string of the molecule is C/C=C/n1ncc(N2CCOCC2)c(OCC)c1=O. The highest BCUT2D eigenvalue weighted by Gasteiger charge is 2.19. The highest BCUT2D eigenvalue weighted by atomic mass is 16.5. The molecule has 0 bridgehead atoms. The Balaban J connectivity index is 2.42. The molecule has 1 aliphatic heterocycles. The van der Waals surface area contributed by atoms with Gasteiger partial charge in [0.15, 0.2) is 0 Å². The van der Waals surface area contributed by atoms with Crippen LogP contribution in [0, 0.1) is 0 Å². The summed E-state index contributed by atoms with van der Waals surface area (Å²) < 4.78 is 12.1. The van der Waals surface area contributed by atoms with Crippen molar-refractivity contribution in [3.63, 3.8) is 0 Å².